The third-order valence-electron chi connectivity index (χ3n) is 4.93. The minimum atomic E-state index is -1.10. The fraction of sp³-hybridized carbons (Fsp3) is 0.400. The molecule has 0 bridgehead atoms. The number of likely N-dealkylation sites (tertiary alicyclic amines) is 1. The van der Waals surface area contributed by atoms with Crippen LogP contribution in [0.25, 0.3) is 0 Å². The lowest BCUT2D eigenvalue weighted by molar-refractivity contribution is -0.158. The first-order valence-corrected chi connectivity index (χ1v) is 9.06. The molecule has 3 rings (SSSR count). The minimum absolute atomic E-state index is 0.359. The van der Waals surface area contributed by atoms with E-state index >= 15 is 0 Å². The van der Waals surface area contributed by atoms with E-state index in [4.69, 9.17) is 9.47 Å². The third kappa shape index (κ3) is 3.90. The van der Waals surface area contributed by atoms with Crippen LogP contribution in [-0.2, 0) is 23.9 Å². The summed E-state index contributed by atoms with van der Waals surface area (Å²) in [4.78, 5) is 50.2. The number of carbonyl (C=O) groups excluding carboxylic acids is 4. The first kappa shape index (κ1) is 19.6. The third-order valence-corrected chi connectivity index (χ3v) is 4.93. The van der Waals surface area contributed by atoms with Crippen molar-refractivity contribution in [3.05, 3.63) is 36.4 Å². The van der Waals surface area contributed by atoms with Crippen LogP contribution in [-0.4, -0.2) is 48.3 Å². The molecule has 1 aliphatic heterocycles. The SMILES string of the molecule is COc1ccccc1NC(=O)[C@H](C)OC(=O)CN1C(=O)[C@H]2CC=CC[C@H]2C1=O. The molecule has 0 aromatic heterocycles. The average Bonchev–Trinajstić information content (AvgIpc) is 2.93. The summed E-state index contributed by atoms with van der Waals surface area (Å²) in [5.41, 5.74) is 0.444. The number of imide groups is 1. The van der Waals surface area contributed by atoms with Gasteiger partial charge in [-0.3, -0.25) is 24.1 Å². The van der Waals surface area contributed by atoms with Gasteiger partial charge in [-0.25, -0.2) is 0 Å². The molecule has 0 saturated carbocycles. The van der Waals surface area contributed by atoms with Gasteiger partial charge in [0.2, 0.25) is 11.8 Å². The molecule has 28 heavy (non-hydrogen) atoms. The molecule has 2 aliphatic rings. The van der Waals surface area contributed by atoms with Crippen LogP contribution in [0.1, 0.15) is 19.8 Å². The highest BCUT2D eigenvalue weighted by Crippen LogP contribution is 2.34. The number of methoxy groups -OCH3 is 1. The predicted octanol–water partition coefficient (Wildman–Crippen LogP) is 1.52. The second-order valence-corrected chi connectivity index (χ2v) is 6.74. The van der Waals surface area contributed by atoms with Crippen LogP contribution < -0.4 is 10.1 Å². The highest BCUT2D eigenvalue weighted by molar-refractivity contribution is 6.07. The molecular weight excluding hydrogens is 364 g/mol. The van der Waals surface area contributed by atoms with E-state index in [1.54, 1.807) is 24.3 Å². The maximum Gasteiger partial charge on any atom is 0.326 e. The summed E-state index contributed by atoms with van der Waals surface area (Å²) in [6.07, 6.45) is 3.64. The van der Waals surface area contributed by atoms with Gasteiger partial charge in [0, 0.05) is 0 Å². The van der Waals surface area contributed by atoms with Crippen LogP contribution in [0, 0.1) is 11.8 Å². The summed E-state index contributed by atoms with van der Waals surface area (Å²) in [6, 6.07) is 6.83. The van der Waals surface area contributed by atoms with Crippen molar-refractivity contribution in [1.82, 2.24) is 4.90 Å². The van der Waals surface area contributed by atoms with Crippen LogP contribution in [0.2, 0.25) is 0 Å². The standard InChI is InChI=1S/C20H22N2O6/c1-12(18(24)21-15-9-5-6-10-16(15)27-2)28-17(23)11-22-19(25)13-7-3-4-8-14(13)20(22)26/h3-6,9-10,12-14H,7-8,11H2,1-2H3,(H,21,24)/t12-,13-,14+/m0/s1. The molecule has 8 nitrogen and oxygen atoms in total. The molecule has 1 aromatic rings. The molecule has 1 aliphatic carbocycles. The van der Waals surface area contributed by atoms with Gasteiger partial charge in [0.15, 0.2) is 6.10 Å². The van der Waals surface area contributed by atoms with E-state index in [-0.39, 0.29) is 11.8 Å². The molecule has 0 unspecified atom stereocenters. The van der Waals surface area contributed by atoms with Crippen molar-refractivity contribution in [3.63, 3.8) is 0 Å². The molecule has 3 amide bonds. The van der Waals surface area contributed by atoms with Crippen molar-refractivity contribution in [2.45, 2.75) is 25.9 Å². The molecule has 1 heterocycles. The zero-order valence-electron chi connectivity index (χ0n) is 15.7. The molecule has 1 aromatic carbocycles. The summed E-state index contributed by atoms with van der Waals surface area (Å²) in [7, 11) is 1.48. The van der Waals surface area contributed by atoms with Crippen molar-refractivity contribution in [1.29, 1.82) is 0 Å². The minimum Gasteiger partial charge on any atom is -0.495 e. The Bertz CT molecular complexity index is 808. The predicted molar refractivity (Wildman–Crippen MR) is 99.3 cm³/mol. The Balaban J connectivity index is 1.56. The Morgan fingerprint density at radius 3 is 2.36 bits per heavy atom. The Labute approximate surface area is 162 Å². The number of anilines is 1. The average molecular weight is 386 g/mol. The van der Waals surface area contributed by atoms with E-state index in [1.165, 1.54) is 14.0 Å². The Kier molecular flexibility index (Phi) is 5.77. The van der Waals surface area contributed by atoms with Crippen LogP contribution in [0.5, 0.6) is 5.75 Å². The van der Waals surface area contributed by atoms with E-state index in [1.807, 2.05) is 12.2 Å². The van der Waals surface area contributed by atoms with Crippen molar-refractivity contribution >= 4 is 29.4 Å². The van der Waals surface area contributed by atoms with Crippen molar-refractivity contribution in [2.24, 2.45) is 11.8 Å². The number of allylic oxidation sites excluding steroid dienone is 2. The van der Waals surface area contributed by atoms with Crippen molar-refractivity contribution in [3.8, 4) is 5.75 Å². The van der Waals surface area contributed by atoms with E-state index < -0.39 is 36.4 Å². The number of ether oxygens (including phenoxy) is 2. The second kappa shape index (κ2) is 8.24. The van der Waals surface area contributed by atoms with Crippen LogP contribution in [0.4, 0.5) is 5.69 Å². The van der Waals surface area contributed by atoms with E-state index in [2.05, 4.69) is 5.32 Å². The normalized spacial score (nSPS) is 21.9. The van der Waals surface area contributed by atoms with Gasteiger partial charge in [-0.2, -0.15) is 0 Å². The molecule has 148 valence electrons. The smallest absolute Gasteiger partial charge is 0.326 e. The molecule has 0 spiro atoms. The molecule has 0 radical (unpaired) electrons. The second-order valence-electron chi connectivity index (χ2n) is 6.74. The summed E-state index contributed by atoms with van der Waals surface area (Å²) >= 11 is 0. The molecule has 1 fully saturated rings. The Hall–Kier alpha value is -3.16. The number of para-hydroxylation sites is 2. The van der Waals surface area contributed by atoms with Crippen LogP contribution in [0.3, 0.4) is 0 Å². The number of esters is 1. The van der Waals surface area contributed by atoms with Gasteiger partial charge in [-0.15, -0.1) is 0 Å². The van der Waals surface area contributed by atoms with Gasteiger partial charge >= 0.3 is 5.97 Å². The Morgan fingerprint density at radius 1 is 1.14 bits per heavy atom. The number of benzene rings is 1. The first-order chi connectivity index (χ1) is 13.4. The van der Waals surface area contributed by atoms with Gasteiger partial charge in [0.25, 0.3) is 5.91 Å². The highest BCUT2D eigenvalue weighted by Gasteiger charge is 2.47. The lowest BCUT2D eigenvalue weighted by Gasteiger charge is -2.17. The van der Waals surface area contributed by atoms with Crippen LogP contribution >= 0.6 is 0 Å². The lowest BCUT2D eigenvalue weighted by atomic mass is 9.85. The molecular formula is C20H22N2O6. The van der Waals surface area contributed by atoms with Crippen molar-refractivity contribution in [2.75, 3.05) is 19.0 Å². The summed E-state index contributed by atoms with van der Waals surface area (Å²) in [5, 5.41) is 2.62. The van der Waals surface area contributed by atoms with Gasteiger partial charge in [0.1, 0.15) is 12.3 Å². The highest BCUT2D eigenvalue weighted by atomic mass is 16.5. The maximum absolute atomic E-state index is 12.4. The fourth-order valence-corrected chi connectivity index (χ4v) is 3.42. The number of carbonyl (C=O) groups is 4. The van der Waals surface area contributed by atoms with Gasteiger partial charge in [0.05, 0.1) is 24.6 Å². The quantitative estimate of drug-likeness (QED) is 0.452. The number of nitrogens with zero attached hydrogens (tertiary/aromatic N) is 1. The Morgan fingerprint density at radius 2 is 1.75 bits per heavy atom. The van der Waals surface area contributed by atoms with E-state index in [0.717, 1.165) is 4.90 Å². The fourth-order valence-electron chi connectivity index (χ4n) is 3.42. The number of fused-ring (bicyclic) bond motifs is 1. The maximum atomic E-state index is 12.4. The summed E-state index contributed by atoms with van der Waals surface area (Å²) in [5.74, 6) is -2.41. The largest absolute Gasteiger partial charge is 0.495 e. The molecule has 8 heteroatoms. The van der Waals surface area contributed by atoms with E-state index in [9.17, 15) is 19.2 Å². The van der Waals surface area contributed by atoms with Gasteiger partial charge in [-0.05, 0) is 31.9 Å². The number of rotatable bonds is 6. The van der Waals surface area contributed by atoms with Crippen LogP contribution in [0.15, 0.2) is 36.4 Å². The number of hydrogen-bond donors (Lipinski definition) is 1. The molecule has 1 N–H and O–H groups in total. The van der Waals surface area contributed by atoms with E-state index in [0.29, 0.717) is 24.3 Å². The van der Waals surface area contributed by atoms with Gasteiger partial charge < -0.3 is 14.8 Å². The number of hydrogen-bond acceptors (Lipinski definition) is 6. The summed E-state index contributed by atoms with van der Waals surface area (Å²) in [6.45, 7) is 0.927. The zero-order chi connectivity index (χ0) is 20.3. The molecule has 3 atom stereocenters. The van der Waals surface area contributed by atoms with Crippen molar-refractivity contribution < 1.29 is 28.7 Å². The number of amides is 3. The number of nitrogens with one attached hydrogen (secondary N) is 1. The molecule has 1 saturated heterocycles. The zero-order valence-corrected chi connectivity index (χ0v) is 15.7. The monoisotopic (exact) mass is 386 g/mol. The summed E-state index contributed by atoms with van der Waals surface area (Å²) < 4.78 is 10.3. The van der Waals surface area contributed by atoms with Gasteiger partial charge in [-0.1, -0.05) is 24.3 Å². The lowest BCUT2D eigenvalue weighted by Crippen LogP contribution is -2.39. The topological polar surface area (TPSA) is 102 Å². The first-order valence-electron chi connectivity index (χ1n) is 9.06.